The predicted octanol–water partition coefficient (Wildman–Crippen LogP) is 6.19. The zero-order valence-electron chi connectivity index (χ0n) is 14.3. The molecule has 0 unspecified atom stereocenters. The summed E-state index contributed by atoms with van der Waals surface area (Å²) < 4.78 is 0. The molecule has 0 saturated carbocycles. The van der Waals surface area contributed by atoms with Crippen LogP contribution in [0.25, 0.3) is 32.7 Å². The molecule has 0 aliphatic heterocycles. The summed E-state index contributed by atoms with van der Waals surface area (Å²) in [4.78, 5) is 0. The molecule has 0 fully saturated rings. The van der Waals surface area contributed by atoms with Gasteiger partial charge in [0.05, 0.1) is 0 Å². The van der Waals surface area contributed by atoms with E-state index in [-0.39, 0.29) is 11.5 Å². The molecule has 2 N–H and O–H groups in total. The molecule has 0 aromatic heterocycles. The second-order valence-corrected chi connectivity index (χ2v) is 6.78. The number of hydrogen-bond acceptors (Lipinski definition) is 2. The minimum atomic E-state index is 0.175. The molecular formula is C23H20O2. The monoisotopic (exact) mass is 328 g/mol. The molecule has 0 amide bonds. The van der Waals surface area contributed by atoms with Crippen LogP contribution in [-0.4, -0.2) is 10.2 Å². The highest BCUT2D eigenvalue weighted by molar-refractivity contribution is 6.09. The molecule has 2 nitrogen and oxygen atoms in total. The Bertz CT molecular complexity index is 1090. The molecule has 0 saturated heterocycles. The van der Waals surface area contributed by atoms with E-state index in [1.165, 1.54) is 5.56 Å². The van der Waals surface area contributed by atoms with Gasteiger partial charge in [-0.2, -0.15) is 0 Å². The van der Waals surface area contributed by atoms with Gasteiger partial charge in [-0.15, -0.1) is 0 Å². The van der Waals surface area contributed by atoms with E-state index in [4.69, 9.17) is 0 Å². The molecule has 0 aliphatic rings. The van der Waals surface area contributed by atoms with Gasteiger partial charge in [0.15, 0.2) is 0 Å². The lowest BCUT2D eigenvalue weighted by Crippen LogP contribution is -1.90. The highest BCUT2D eigenvalue weighted by atomic mass is 16.3. The Morgan fingerprint density at radius 1 is 0.640 bits per heavy atom. The first kappa shape index (κ1) is 15.5. The second-order valence-electron chi connectivity index (χ2n) is 6.78. The fraction of sp³-hybridized carbons (Fsp3) is 0.130. The van der Waals surface area contributed by atoms with Crippen LogP contribution in [0.1, 0.15) is 25.3 Å². The van der Waals surface area contributed by atoms with Crippen molar-refractivity contribution in [3.8, 4) is 22.6 Å². The minimum absolute atomic E-state index is 0.175. The Kier molecular flexibility index (Phi) is 3.61. The SMILES string of the molecule is CC(C)c1ccc2c(-c3c(O)ccc4ccccc34)c(O)ccc2c1. The Labute approximate surface area is 147 Å². The van der Waals surface area contributed by atoms with E-state index in [1.807, 2.05) is 42.5 Å². The van der Waals surface area contributed by atoms with E-state index in [0.29, 0.717) is 17.0 Å². The average Bonchev–Trinajstić information content (AvgIpc) is 2.62. The maximum Gasteiger partial charge on any atom is 0.124 e. The van der Waals surface area contributed by atoms with E-state index in [1.54, 1.807) is 12.1 Å². The van der Waals surface area contributed by atoms with Crippen LogP contribution in [0.2, 0.25) is 0 Å². The molecule has 0 aliphatic carbocycles. The quantitative estimate of drug-likeness (QED) is 0.460. The smallest absolute Gasteiger partial charge is 0.124 e. The van der Waals surface area contributed by atoms with Crippen LogP contribution in [0.3, 0.4) is 0 Å². The van der Waals surface area contributed by atoms with Crippen LogP contribution in [0, 0.1) is 0 Å². The van der Waals surface area contributed by atoms with E-state index in [0.717, 1.165) is 21.5 Å². The van der Waals surface area contributed by atoms with E-state index >= 15 is 0 Å². The molecule has 0 radical (unpaired) electrons. The summed E-state index contributed by atoms with van der Waals surface area (Å²) in [6.45, 7) is 4.33. The zero-order chi connectivity index (χ0) is 17.6. The fourth-order valence-electron chi connectivity index (χ4n) is 3.48. The van der Waals surface area contributed by atoms with Gasteiger partial charge >= 0.3 is 0 Å². The van der Waals surface area contributed by atoms with Crippen molar-refractivity contribution < 1.29 is 10.2 Å². The molecule has 0 spiro atoms. The standard InChI is InChI=1S/C23H20O2/c1-14(2)16-7-10-19-17(13-16)9-12-21(25)23(19)22-18-6-4-3-5-15(18)8-11-20(22)24/h3-14,24-25H,1-2H3. The fourth-order valence-corrected chi connectivity index (χ4v) is 3.48. The molecule has 4 rings (SSSR count). The van der Waals surface area contributed by atoms with Gasteiger partial charge in [0.25, 0.3) is 0 Å². The van der Waals surface area contributed by atoms with Crippen LogP contribution >= 0.6 is 0 Å². The molecule has 2 heteroatoms. The largest absolute Gasteiger partial charge is 0.507 e. The summed E-state index contributed by atoms with van der Waals surface area (Å²) in [5.74, 6) is 0.790. The van der Waals surface area contributed by atoms with E-state index in [2.05, 4.69) is 26.0 Å². The van der Waals surface area contributed by atoms with Crippen LogP contribution in [-0.2, 0) is 0 Å². The Morgan fingerprint density at radius 2 is 1.24 bits per heavy atom. The van der Waals surface area contributed by atoms with E-state index in [9.17, 15) is 10.2 Å². The van der Waals surface area contributed by atoms with Crippen molar-refractivity contribution >= 4 is 21.5 Å². The summed E-state index contributed by atoms with van der Waals surface area (Å²) in [6, 6.07) is 21.4. The van der Waals surface area contributed by atoms with Crippen LogP contribution in [0.5, 0.6) is 11.5 Å². The lowest BCUT2D eigenvalue weighted by molar-refractivity contribution is 0.470. The summed E-state index contributed by atoms with van der Waals surface area (Å²) in [5.41, 5.74) is 2.62. The Morgan fingerprint density at radius 3 is 1.92 bits per heavy atom. The van der Waals surface area contributed by atoms with Crippen molar-refractivity contribution in [2.24, 2.45) is 0 Å². The Balaban J connectivity index is 2.11. The van der Waals surface area contributed by atoms with Gasteiger partial charge in [0.2, 0.25) is 0 Å². The summed E-state index contributed by atoms with van der Waals surface area (Å²) >= 11 is 0. The van der Waals surface area contributed by atoms with Crippen molar-refractivity contribution in [1.29, 1.82) is 0 Å². The van der Waals surface area contributed by atoms with Crippen molar-refractivity contribution in [1.82, 2.24) is 0 Å². The molecule has 124 valence electrons. The molecule has 25 heavy (non-hydrogen) atoms. The molecule has 0 bridgehead atoms. The minimum Gasteiger partial charge on any atom is -0.507 e. The van der Waals surface area contributed by atoms with Gasteiger partial charge in [-0.25, -0.2) is 0 Å². The summed E-state index contributed by atoms with van der Waals surface area (Å²) in [7, 11) is 0. The maximum atomic E-state index is 10.6. The number of phenolic OH excluding ortho intramolecular Hbond substituents is 2. The predicted molar refractivity (Wildman–Crippen MR) is 104 cm³/mol. The summed E-state index contributed by atoms with van der Waals surface area (Å²) in [5, 5.41) is 25.2. The van der Waals surface area contributed by atoms with Crippen molar-refractivity contribution in [3.05, 3.63) is 72.3 Å². The van der Waals surface area contributed by atoms with Crippen LogP contribution in [0.4, 0.5) is 0 Å². The number of fused-ring (bicyclic) bond motifs is 2. The summed E-state index contributed by atoms with van der Waals surface area (Å²) in [6.07, 6.45) is 0. The number of aromatic hydroxyl groups is 2. The van der Waals surface area contributed by atoms with E-state index < -0.39 is 0 Å². The van der Waals surface area contributed by atoms with Crippen LogP contribution in [0.15, 0.2) is 66.7 Å². The van der Waals surface area contributed by atoms with Gasteiger partial charge in [0, 0.05) is 11.1 Å². The second kappa shape index (κ2) is 5.82. The maximum absolute atomic E-state index is 10.6. The zero-order valence-corrected chi connectivity index (χ0v) is 14.3. The third kappa shape index (κ3) is 2.51. The molecular weight excluding hydrogens is 308 g/mol. The third-order valence-electron chi connectivity index (χ3n) is 4.85. The normalized spacial score (nSPS) is 11.5. The average molecular weight is 328 g/mol. The highest BCUT2D eigenvalue weighted by Gasteiger charge is 2.16. The number of hydrogen-bond donors (Lipinski definition) is 2. The Hall–Kier alpha value is -3.00. The van der Waals surface area contributed by atoms with Gasteiger partial charge in [-0.05, 0) is 45.2 Å². The van der Waals surface area contributed by atoms with Crippen molar-refractivity contribution in [3.63, 3.8) is 0 Å². The third-order valence-corrected chi connectivity index (χ3v) is 4.85. The molecule has 0 atom stereocenters. The van der Waals surface area contributed by atoms with Gasteiger partial charge in [-0.3, -0.25) is 0 Å². The number of phenols is 2. The topological polar surface area (TPSA) is 40.5 Å². The van der Waals surface area contributed by atoms with Gasteiger partial charge < -0.3 is 10.2 Å². The first-order valence-electron chi connectivity index (χ1n) is 8.53. The first-order chi connectivity index (χ1) is 12.1. The lowest BCUT2D eigenvalue weighted by atomic mass is 9.90. The van der Waals surface area contributed by atoms with Crippen LogP contribution < -0.4 is 0 Å². The van der Waals surface area contributed by atoms with Gasteiger partial charge in [0.1, 0.15) is 11.5 Å². The van der Waals surface area contributed by atoms with Crippen molar-refractivity contribution in [2.45, 2.75) is 19.8 Å². The lowest BCUT2D eigenvalue weighted by Gasteiger charge is -2.15. The highest BCUT2D eigenvalue weighted by Crippen LogP contribution is 2.44. The molecule has 0 heterocycles. The van der Waals surface area contributed by atoms with Gasteiger partial charge in [-0.1, -0.05) is 68.4 Å². The molecule has 4 aromatic carbocycles. The molecule has 4 aromatic rings. The number of rotatable bonds is 2. The first-order valence-corrected chi connectivity index (χ1v) is 8.53. The number of benzene rings is 4. The van der Waals surface area contributed by atoms with Crippen molar-refractivity contribution in [2.75, 3.05) is 0 Å².